The van der Waals surface area contributed by atoms with Gasteiger partial charge in [-0.05, 0) is 25.2 Å². The van der Waals surface area contributed by atoms with E-state index in [-0.39, 0.29) is 17.2 Å². The lowest BCUT2D eigenvalue weighted by atomic mass is 9.84. The van der Waals surface area contributed by atoms with E-state index in [1.165, 1.54) is 12.2 Å². The SMILES string of the molecule is C=C(C)/C=C/C(C)(C)CC[C@H](C)C(=O)N(C)OC. The van der Waals surface area contributed by atoms with E-state index in [0.29, 0.717) is 0 Å². The topological polar surface area (TPSA) is 29.5 Å². The van der Waals surface area contributed by atoms with Gasteiger partial charge in [0.1, 0.15) is 0 Å². The lowest BCUT2D eigenvalue weighted by Crippen LogP contribution is -2.31. The zero-order valence-electron chi connectivity index (χ0n) is 12.6. The summed E-state index contributed by atoms with van der Waals surface area (Å²) in [5.41, 5.74) is 1.13. The summed E-state index contributed by atoms with van der Waals surface area (Å²) in [6.07, 6.45) is 6.00. The van der Waals surface area contributed by atoms with Crippen LogP contribution >= 0.6 is 0 Å². The fourth-order valence-corrected chi connectivity index (χ4v) is 1.56. The Morgan fingerprint density at radius 3 is 2.50 bits per heavy atom. The maximum Gasteiger partial charge on any atom is 0.248 e. The maximum absolute atomic E-state index is 11.8. The Kier molecular flexibility index (Phi) is 6.92. The number of amides is 1. The van der Waals surface area contributed by atoms with Crippen molar-refractivity contribution in [3.05, 3.63) is 24.3 Å². The third-order valence-electron chi connectivity index (χ3n) is 3.05. The van der Waals surface area contributed by atoms with Gasteiger partial charge in [-0.25, -0.2) is 5.06 Å². The first-order chi connectivity index (χ1) is 8.19. The summed E-state index contributed by atoms with van der Waals surface area (Å²) in [5, 5.41) is 1.29. The molecule has 0 N–H and O–H groups in total. The largest absolute Gasteiger partial charge is 0.275 e. The summed E-state index contributed by atoms with van der Waals surface area (Å²) in [7, 11) is 3.15. The van der Waals surface area contributed by atoms with Gasteiger partial charge >= 0.3 is 0 Å². The number of hydrogen-bond acceptors (Lipinski definition) is 2. The van der Waals surface area contributed by atoms with Crippen LogP contribution in [-0.4, -0.2) is 25.1 Å². The molecule has 1 atom stereocenters. The standard InChI is InChI=1S/C15H27NO2/c1-12(2)8-10-15(4,5)11-9-13(3)14(17)16(6)18-7/h8,10,13H,1,9,11H2,2-7H3/b10-8+/t13-/m0/s1. The van der Waals surface area contributed by atoms with E-state index in [1.807, 2.05) is 19.9 Å². The Bertz CT molecular complexity index is 318. The molecule has 0 spiro atoms. The Balaban J connectivity index is 4.31. The number of rotatable bonds is 7. The molecule has 3 nitrogen and oxygen atoms in total. The van der Waals surface area contributed by atoms with Crippen molar-refractivity contribution in [1.29, 1.82) is 0 Å². The van der Waals surface area contributed by atoms with Gasteiger partial charge in [-0.3, -0.25) is 9.63 Å². The van der Waals surface area contributed by atoms with Crippen LogP contribution in [0.2, 0.25) is 0 Å². The minimum absolute atomic E-state index is 0.0209. The van der Waals surface area contributed by atoms with Crippen LogP contribution in [0.4, 0.5) is 0 Å². The number of nitrogens with zero attached hydrogens (tertiary/aromatic N) is 1. The summed E-state index contributed by atoms with van der Waals surface area (Å²) < 4.78 is 0. The number of carbonyl (C=O) groups excluding carboxylic acids is 1. The van der Waals surface area contributed by atoms with Crippen LogP contribution in [0, 0.1) is 11.3 Å². The maximum atomic E-state index is 11.8. The summed E-state index contributed by atoms with van der Waals surface area (Å²) >= 11 is 0. The molecule has 0 saturated heterocycles. The molecule has 0 aliphatic carbocycles. The van der Waals surface area contributed by atoms with Gasteiger partial charge in [-0.15, -0.1) is 0 Å². The van der Waals surface area contributed by atoms with Gasteiger partial charge in [-0.2, -0.15) is 0 Å². The van der Waals surface area contributed by atoms with Crippen molar-refractivity contribution in [2.24, 2.45) is 11.3 Å². The van der Waals surface area contributed by atoms with Crippen molar-refractivity contribution in [1.82, 2.24) is 5.06 Å². The number of hydroxylamine groups is 2. The number of carbonyl (C=O) groups is 1. The lowest BCUT2D eigenvalue weighted by Gasteiger charge is -2.24. The van der Waals surface area contributed by atoms with Crippen molar-refractivity contribution in [2.75, 3.05) is 14.2 Å². The molecule has 0 unspecified atom stereocenters. The first kappa shape index (κ1) is 16.9. The van der Waals surface area contributed by atoms with Gasteiger partial charge in [0, 0.05) is 13.0 Å². The highest BCUT2D eigenvalue weighted by Gasteiger charge is 2.21. The monoisotopic (exact) mass is 253 g/mol. The average Bonchev–Trinajstić information content (AvgIpc) is 2.31. The van der Waals surface area contributed by atoms with Crippen LogP contribution in [0.5, 0.6) is 0 Å². The second-order valence-corrected chi connectivity index (χ2v) is 5.63. The normalized spacial score (nSPS) is 13.7. The molecule has 0 radical (unpaired) electrons. The van der Waals surface area contributed by atoms with Gasteiger partial charge in [0.05, 0.1) is 7.11 Å². The molecule has 0 aromatic heterocycles. The molecule has 0 aliphatic rings. The molecule has 0 fully saturated rings. The van der Waals surface area contributed by atoms with Gasteiger partial charge in [0.15, 0.2) is 0 Å². The van der Waals surface area contributed by atoms with Gasteiger partial charge in [0.25, 0.3) is 0 Å². The Morgan fingerprint density at radius 1 is 1.50 bits per heavy atom. The van der Waals surface area contributed by atoms with Gasteiger partial charge < -0.3 is 0 Å². The molecule has 0 heterocycles. The fraction of sp³-hybridized carbons (Fsp3) is 0.667. The molecular weight excluding hydrogens is 226 g/mol. The van der Waals surface area contributed by atoms with Crippen LogP contribution in [0.3, 0.4) is 0 Å². The van der Waals surface area contributed by atoms with E-state index in [0.717, 1.165) is 18.4 Å². The molecule has 1 amide bonds. The molecule has 0 rings (SSSR count). The van der Waals surface area contributed by atoms with Crippen molar-refractivity contribution < 1.29 is 9.63 Å². The van der Waals surface area contributed by atoms with E-state index in [1.54, 1.807) is 7.05 Å². The molecule has 0 aromatic carbocycles. The highest BCUT2D eigenvalue weighted by Crippen LogP contribution is 2.27. The molecule has 0 bridgehead atoms. The molecule has 0 aromatic rings. The summed E-state index contributed by atoms with van der Waals surface area (Å²) in [4.78, 5) is 16.7. The van der Waals surface area contributed by atoms with E-state index in [9.17, 15) is 4.79 Å². The zero-order chi connectivity index (χ0) is 14.3. The molecule has 104 valence electrons. The fourth-order valence-electron chi connectivity index (χ4n) is 1.56. The van der Waals surface area contributed by atoms with Crippen molar-refractivity contribution in [3.8, 4) is 0 Å². The first-order valence-electron chi connectivity index (χ1n) is 6.36. The Hall–Kier alpha value is -1.09. The minimum Gasteiger partial charge on any atom is -0.275 e. The summed E-state index contributed by atoms with van der Waals surface area (Å²) in [6.45, 7) is 12.1. The smallest absolute Gasteiger partial charge is 0.248 e. The van der Waals surface area contributed by atoms with Gasteiger partial charge in [0.2, 0.25) is 5.91 Å². The highest BCUT2D eigenvalue weighted by atomic mass is 16.7. The highest BCUT2D eigenvalue weighted by molar-refractivity contribution is 5.77. The molecular formula is C15H27NO2. The Morgan fingerprint density at radius 2 is 2.06 bits per heavy atom. The van der Waals surface area contributed by atoms with Crippen molar-refractivity contribution >= 4 is 5.91 Å². The van der Waals surface area contributed by atoms with Crippen LogP contribution < -0.4 is 0 Å². The predicted octanol–water partition coefficient (Wildman–Crippen LogP) is 3.58. The first-order valence-corrected chi connectivity index (χ1v) is 6.36. The van der Waals surface area contributed by atoms with Crippen LogP contribution in [0.25, 0.3) is 0 Å². The summed E-state index contributed by atoms with van der Waals surface area (Å²) in [6, 6.07) is 0. The number of allylic oxidation sites excluding steroid dienone is 3. The van der Waals surface area contributed by atoms with Crippen molar-refractivity contribution in [2.45, 2.75) is 40.5 Å². The number of hydrogen-bond donors (Lipinski definition) is 0. The predicted molar refractivity (Wildman–Crippen MR) is 75.9 cm³/mol. The molecule has 0 aliphatic heterocycles. The Labute approximate surface area is 111 Å². The van der Waals surface area contributed by atoms with Crippen molar-refractivity contribution in [3.63, 3.8) is 0 Å². The average molecular weight is 253 g/mol. The quantitative estimate of drug-likeness (QED) is 0.512. The third-order valence-corrected chi connectivity index (χ3v) is 3.05. The lowest BCUT2D eigenvalue weighted by molar-refractivity contribution is -0.173. The second kappa shape index (κ2) is 7.37. The van der Waals surface area contributed by atoms with E-state index < -0.39 is 0 Å². The third kappa shape index (κ3) is 6.60. The molecule has 0 saturated carbocycles. The van der Waals surface area contributed by atoms with E-state index >= 15 is 0 Å². The van der Waals surface area contributed by atoms with E-state index in [2.05, 4.69) is 26.5 Å². The summed E-state index contributed by atoms with van der Waals surface area (Å²) in [5.74, 6) is 0.00429. The van der Waals surface area contributed by atoms with E-state index in [4.69, 9.17) is 4.84 Å². The van der Waals surface area contributed by atoms with Gasteiger partial charge in [-0.1, -0.05) is 45.1 Å². The van der Waals surface area contributed by atoms with Crippen LogP contribution in [0.1, 0.15) is 40.5 Å². The zero-order valence-corrected chi connectivity index (χ0v) is 12.6. The second-order valence-electron chi connectivity index (χ2n) is 5.63. The van der Waals surface area contributed by atoms with Crippen LogP contribution in [0.15, 0.2) is 24.3 Å². The minimum atomic E-state index is -0.0209. The molecule has 3 heteroatoms. The molecule has 18 heavy (non-hydrogen) atoms. The van der Waals surface area contributed by atoms with Crippen LogP contribution in [-0.2, 0) is 9.63 Å².